The monoisotopic (exact) mass is 1020 g/mol. The van der Waals surface area contributed by atoms with Crippen molar-refractivity contribution < 1.29 is 33.3 Å². The van der Waals surface area contributed by atoms with Gasteiger partial charge in [-0.1, -0.05) is 66.9 Å². The Labute approximate surface area is 426 Å². The minimum absolute atomic E-state index is 0.00854. The van der Waals surface area contributed by atoms with E-state index in [1.54, 1.807) is 6.07 Å². The van der Waals surface area contributed by atoms with Crippen molar-refractivity contribution in [1.82, 2.24) is 39.4 Å². The fourth-order valence-electron chi connectivity index (χ4n) is 11.0. The third-order valence-corrected chi connectivity index (χ3v) is 15.3. The van der Waals surface area contributed by atoms with E-state index in [0.29, 0.717) is 59.0 Å². The van der Waals surface area contributed by atoms with Crippen molar-refractivity contribution in [3.05, 3.63) is 100 Å². The van der Waals surface area contributed by atoms with Gasteiger partial charge in [0.2, 0.25) is 5.95 Å². The molecule has 0 radical (unpaired) electrons. The lowest BCUT2D eigenvalue weighted by Gasteiger charge is -2.43. The molecule has 0 aliphatic carbocycles. The quantitative estimate of drug-likeness (QED) is 0.114. The van der Waals surface area contributed by atoms with Crippen LogP contribution in [-0.2, 0) is 24.3 Å². The van der Waals surface area contributed by atoms with Crippen LogP contribution in [0.2, 0.25) is 5.02 Å². The largest absolute Gasteiger partial charge is 0.508 e. The molecule has 382 valence electrons. The molecule has 20 heteroatoms. The van der Waals surface area contributed by atoms with E-state index < -0.39 is 18.1 Å². The van der Waals surface area contributed by atoms with Gasteiger partial charge in [0.15, 0.2) is 5.82 Å². The Morgan fingerprint density at radius 3 is 2.27 bits per heavy atom. The molecule has 2 aromatic heterocycles. The molecule has 4 aliphatic rings. The number of halogens is 4. The van der Waals surface area contributed by atoms with E-state index in [1.165, 1.54) is 10.6 Å². The molecule has 3 N–H and O–H groups in total. The van der Waals surface area contributed by atoms with Crippen LogP contribution in [-0.4, -0.2) is 145 Å². The molecular weight excluding hydrogens is 961 g/mol. The summed E-state index contributed by atoms with van der Waals surface area (Å²) in [6.45, 7) is 12.0. The lowest BCUT2D eigenvalue weighted by molar-refractivity contribution is -0.188. The highest BCUT2D eigenvalue weighted by atomic mass is 35.5. The molecule has 3 saturated heterocycles. The van der Waals surface area contributed by atoms with Crippen molar-refractivity contribution in [3.8, 4) is 40.7 Å². The first kappa shape index (κ1) is 49.7. The zero-order valence-electron chi connectivity index (χ0n) is 40.8. The fraction of sp³-hybridized carbons (Fsp3) is 0.434. The maximum atomic E-state index is 13.7. The maximum absolute atomic E-state index is 13.7. The van der Waals surface area contributed by atoms with Crippen LogP contribution >= 0.6 is 11.6 Å². The lowest BCUT2D eigenvalue weighted by Crippen LogP contribution is -2.58. The van der Waals surface area contributed by atoms with Crippen molar-refractivity contribution in [3.63, 3.8) is 0 Å². The number of hydrogen-bond acceptors (Lipinski definition) is 14. The molecule has 0 unspecified atom stereocenters. The fourth-order valence-corrected chi connectivity index (χ4v) is 11.3. The normalized spacial score (nSPS) is 18.4. The van der Waals surface area contributed by atoms with Gasteiger partial charge < -0.3 is 39.8 Å². The standard InChI is InChI=1S/C53H58ClF3N12O4/c1-33(2)40-27-41(46(71)28-45(40)70)49-61-62-52(73)69(49)37-11-9-34(10-12-37)29-63-21-23-64(24-22-63)30-35-14-18-65(19-15-35)51-59-43-32-66(44-8-4-6-36-5-3-7-42(54)47(36)44)20-16-39(43)48(60-51)67-25-26-68(38(31-67)13-17-58)50(72)53(55,56)57/h3-12,27-28,33,35,38,70-71H,13-16,18-26,29-32H2,1-2H3,(H,62,73)/t38-/m0/s1. The zero-order valence-corrected chi connectivity index (χ0v) is 41.6. The van der Waals surface area contributed by atoms with Crippen LogP contribution in [0, 0.1) is 17.2 Å². The summed E-state index contributed by atoms with van der Waals surface area (Å²) in [4.78, 5) is 35.1. The van der Waals surface area contributed by atoms with Crippen molar-refractivity contribution in [2.45, 2.75) is 70.8 Å². The molecule has 4 aliphatic heterocycles. The molecule has 10 rings (SSSR count). The van der Waals surface area contributed by atoms with Crippen LogP contribution in [0.15, 0.2) is 72.8 Å². The highest BCUT2D eigenvalue weighted by molar-refractivity contribution is 6.36. The summed E-state index contributed by atoms with van der Waals surface area (Å²) in [7, 11) is 0. The number of carbonyl (C=O) groups excluding carboxylic acids is 1. The Morgan fingerprint density at radius 2 is 1.56 bits per heavy atom. The van der Waals surface area contributed by atoms with Crippen LogP contribution in [0.4, 0.5) is 30.6 Å². The Morgan fingerprint density at radius 1 is 0.836 bits per heavy atom. The summed E-state index contributed by atoms with van der Waals surface area (Å²) in [5.74, 6) is -0.142. The number of hydrogen-bond donors (Lipinski definition) is 3. The second kappa shape index (κ2) is 20.6. The molecule has 0 bridgehead atoms. The van der Waals surface area contributed by atoms with E-state index in [2.05, 4.69) is 35.9 Å². The third kappa shape index (κ3) is 10.2. The van der Waals surface area contributed by atoms with Crippen LogP contribution < -0.4 is 14.7 Å². The first-order chi connectivity index (χ1) is 35.1. The Balaban J connectivity index is 0.789. The van der Waals surface area contributed by atoms with Gasteiger partial charge >= 0.3 is 18.1 Å². The van der Waals surface area contributed by atoms with E-state index in [9.17, 15) is 38.5 Å². The molecule has 1 atom stereocenters. The number of fused-ring (bicyclic) bond motifs is 2. The van der Waals surface area contributed by atoms with Gasteiger partial charge in [-0.2, -0.15) is 23.4 Å². The number of phenols is 2. The van der Waals surface area contributed by atoms with Crippen molar-refractivity contribution >= 4 is 45.7 Å². The summed E-state index contributed by atoms with van der Waals surface area (Å²) >= 11 is 6.79. The number of nitriles is 1. The number of piperidine rings is 1. The van der Waals surface area contributed by atoms with Crippen LogP contribution in [0.5, 0.6) is 17.5 Å². The molecule has 3 fully saturated rings. The summed E-state index contributed by atoms with van der Waals surface area (Å²) < 4.78 is 42.5. The van der Waals surface area contributed by atoms with E-state index >= 15 is 0 Å². The minimum Gasteiger partial charge on any atom is -0.508 e. The second-order valence-corrected chi connectivity index (χ2v) is 20.3. The van der Waals surface area contributed by atoms with Crippen molar-refractivity contribution in [2.75, 3.05) is 86.7 Å². The molecular formula is C53H58ClF3N12O4. The summed E-state index contributed by atoms with van der Waals surface area (Å²) in [5.41, 5.74) is 5.51. The summed E-state index contributed by atoms with van der Waals surface area (Å²) in [6.07, 6.45) is -2.80. The number of piperazine rings is 2. The Hall–Kier alpha value is -6.88. The van der Waals surface area contributed by atoms with Crippen LogP contribution in [0.1, 0.15) is 61.4 Å². The number of phenolic OH excluding ortho intramolecular Hbond substituents is 2. The highest BCUT2D eigenvalue weighted by Crippen LogP contribution is 2.41. The topological polar surface area (TPSA) is 177 Å². The molecule has 6 aromatic rings. The van der Waals surface area contributed by atoms with Gasteiger partial charge in [-0.15, -0.1) is 5.10 Å². The molecule has 16 nitrogen and oxygen atoms in total. The van der Waals surface area contributed by atoms with Crippen LogP contribution in [0.25, 0.3) is 27.8 Å². The van der Waals surface area contributed by atoms with Crippen LogP contribution in [0.3, 0.4) is 0 Å². The molecule has 1 amide bonds. The van der Waals surface area contributed by atoms with E-state index in [4.69, 9.17) is 21.6 Å². The zero-order chi connectivity index (χ0) is 51.1. The number of alkyl halides is 3. The predicted molar refractivity (Wildman–Crippen MR) is 272 cm³/mol. The molecule has 6 heterocycles. The maximum Gasteiger partial charge on any atom is 0.471 e. The lowest BCUT2D eigenvalue weighted by atomic mass is 9.96. The van der Waals surface area contributed by atoms with Crippen molar-refractivity contribution in [2.24, 2.45) is 5.92 Å². The van der Waals surface area contributed by atoms with Gasteiger partial charge in [0.25, 0.3) is 0 Å². The van der Waals surface area contributed by atoms with Crippen molar-refractivity contribution in [1.29, 1.82) is 5.26 Å². The van der Waals surface area contributed by atoms with E-state index in [-0.39, 0.29) is 55.3 Å². The number of rotatable bonds is 11. The van der Waals surface area contributed by atoms with E-state index in [1.807, 2.05) is 79.4 Å². The first-order valence-corrected chi connectivity index (χ1v) is 25.3. The smallest absolute Gasteiger partial charge is 0.471 e. The van der Waals surface area contributed by atoms with Gasteiger partial charge in [0, 0.05) is 101 Å². The van der Waals surface area contributed by atoms with Gasteiger partial charge in [0.1, 0.15) is 17.3 Å². The SMILES string of the molecule is CC(C)c1cc(-c2nnc(O)n2-c2ccc(CN3CCN(CC4CCN(c5nc6c(c(N7CCN(C(=O)C(F)(F)F)[C@@H](CC#N)C7)n5)CCN(c5cccc7cccc(Cl)c57)C6)CC4)CC3)cc2)c(O)cc1O. The molecule has 4 aromatic carbocycles. The third-order valence-electron chi connectivity index (χ3n) is 14.9. The Kier molecular flexibility index (Phi) is 14.0. The number of carbonyl (C=O) groups is 1. The molecule has 0 saturated carbocycles. The number of benzene rings is 4. The van der Waals surface area contributed by atoms with Gasteiger partial charge in [-0.25, -0.2) is 9.55 Å². The van der Waals surface area contributed by atoms with Gasteiger partial charge in [-0.3, -0.25) is 9.69 Å². The summed E-state index contributed by atoms with van der Waals surface area (Å²) in [5, 5.41) is 52.2. The first-order valence-electron chi connectivity index (χ1n) is 24.9. The Bertz CT molecular complexity index is 3040. The second-order valence-electron chi connectivity index (χ2n) is 19.9. The average Bonchev–Trinajstić information content (AvgIpc) is 3.76. The molecule has 73 heavy (non-hydrogen) atoms. The molecule has 0 spiro atoms. The summed E-state index contributed by atoms with van der Waals surface area (Å²) in [6, 6.07) is 23.5. The van der Waals surface area contributed by atoms with Gasteiger partial charge in [0.05, 0.1) is 47.0 Å². The number of aromatic hydroxyl groups is 3. The van der Waals surface area contributed by atoms with E-state index in [0.717, 1.165) is 103 Å². The van der Waals surface area contributed by atoms with Gasteiger partial charge in [-0.05, 0) is 77.9 Å². The number of anilines is 3. The highest BCUT2D eigenvalue weighted by Gasteiger charge is 2.46. The average molecular weight is 1020 g/mol. The predicted octanol–water partition coefficient (Wildman–Crippen LogP) is 7.86. The number of amides is 1. The number of aromatic nitrogens is 5. The number of nitrogens with zero attached hydrogens (tertiary/aromatic N) is 12. The minimum atomic E-state index is -5.04.